The van der Waals surface area contributed by atoms with Crippen LogP contribution in [0, 0.1) is 17.0 Å². The highest BCUT2D eigenvalue weighted by atomic mass is 19.1. The van der Waals surface area contributed by atoms with E-state index in [0.29, 0.717) is 6.42 Å². The van der Waals surface area contributed by atoms with Crippen LogP contribution in [0.3, 0.4) is 0 Å². The lowest BCUT2D eigenvalue weighted by Crippen LogP contribution is -2.45. The van der Waals surface area contributed by atoms with Crippen LogP contribution in [0.1, 0.15) is 31.9 Å². The Morgan fingerprint density at radius 3 is 2.15 bits per heavy atom. The fourth-order valence-corrected chi connectivity index (χ4v) is 3.04. The summed E-state index contributed by atoms with van der Waals surface area (Å²) in [6.45, 7) is 5.30. The zero-order valence-electron chi connectivity index (χ0n) is 15.2. The van der Waals surface area contributed by atoms with E-state index in [-0.39, 0.29) is 17.8 Å². The van der Waals surface area contributed by atoms with Gasteiger partial charge in [0.05, 0.1) is 12.5 Å². The molecule has 2 aromatic carbocycles. The summed E-state index contributed by atoms with van der Waals surface area (Å²) in [6, 6.07) is 11.9. The minimum Gasteiger partial charge on any atom is -0.346 e. The molecule has 1 N–H and O–H groups in total. The van der Waals surface area contributed by atoms with Crippen molar-refractivity contribution in [2.75, 3.05) is 0 Å². The summed E-state index contributed by atoms with van der Waals surface area (Å²) in [5, 5.41) is 2.63. The number of rotatable bonds is 7. The molecule has 0 heterocycles. The summed E-state index contributed by atoms with van der Waals surface area (Å²) in [5.41, 5.74) is 0.613. The third kappa shape index (κ3) is 5.48. The average Bonchev–Trinajstić information content (AvgIpc) is 2.53. The van der Waals surface area contributed by atoms with Crippen LogP contribution in [0.5, 0.6) is 0 Å². The van der Waals surface area contributed by atoms with Gasteiger partial charge in [-0.2, -0.15) is 0 Å². The number of ketones is 1. The molecular formula is C21H23F2NO2. The summed E-state index contributed by atoms with van der Waals surface area (Å²) in [6.07, 6.45) is 0.368. The summed E-state index contributed by atoms with van der Waals surface area (Å²) < 4.78 is 26.4. The summed E-state index contributed by atoms with van der Waals surface area (Å²) >= 11 is 0. The number of carbonyl (C=O) groups excluding carboxylic acids is 2. The van der Waals surface area contributed by atoms with Crippen molar-refractivity contribution in [3.63, 3.8) is 0 Å². The molecule has 26 heavy (non-hydrogen) atoms. The highest BCUT2D eigenvalue weighted by Crippen LogP contribution is 2.24. The summed E-state index contributed by atoms with van der Waals surface area (Å²) in [7, 11) is 0. The molecule has 1 atom stereocenters. The molecule has 2 aromatic rings. The standard InChI is InChI=1S/C21H23F2NO2/c1-14(20(26)21(2,3)13-15-7-5-4-6-8-15)24-19(25)11-16-9-17(22)12-18(23)10-16/h4-10,12,14H,11,13H2,1-3H3,(H,24,25)/t14-/m0/s1. The molecule has 0 aliphatic heterocycles. The van der Waals surface area contributed by atoms with Crippen molar-refractivity contribution in [2.45, 2.75) is 39.7 Å². The topological polar surface area (TPSA) is 46.2 Å². The highest BCUT2D eigenvalue weighted by Gasteiger charge is 2.32. The Morgan fingerprint density at radius 2 is 1.58 bits per heavy atom. The van der Waals surface area contributed by atoms with Crippen LogP contribution in [0.25, 0.3) is 0 Å². The number of halogens is 2. The van der Waals surface area contributed by atoms with E-state index < -0.39 is 29.0 Å². The quantitative estimate of drug-likeness (QED) is 0.816. The molecule has 0 bridgehead atoms. The minimum absolute atomic E-state index is 0.0971. The second kappa shape index (κ2) is 8.21. The van der Waals surface area contributed by atoms with Gasteiger partial charge in [0, 0.05) is 11.5 Å². The van der Waals surface area contributed by atoms with E-state index in [1.165, 1.54) is 0 Å². The first-order valence-corrected chi connectivity index (χ1v) is 8.50. The normalized spacial score (nSPS) is 12.5. The number of nitrogens with one attached hydrogen (secondary N) is 1. The first kappa shape index (κ1) is 19.8. The number of Topliss-reactive ketones (excluding diaryl/α,β-unsaturated/α-hetero) is 1. The van der Waals surface area contributed by atoms with Gasteiger partial charge in [-0.05, 0) is 36.6 Å². The molecule has 138 valence electrons. The Morgan fingerprint density at radius 1 is 1.00 bits per heavy atom. The number of benzene rings is 2. The van der Waals surface area contributed by atoms with Gasteiger partial charge in [-0.3, -0.25) is 9.59 Å². The molecule has 0 radical (unpaired) electrons. The zero-order valence-corrected chi connectivity index (χ0v) is 15.2. The van der Waals surface area contributed by atoms with E-state index in [1.54, 1.807) is 6.92 Å². The molecule has 0 fully saturated rings. The third-order valence-corrected chi connectivity index (χ3v) is 4.21. The van der Waals surface area contributed by atoms with E-state index in [4.69, 9.17) is 0 Å². The monoisotopic (exact) mass is 359 g/mol. The molecule has 0 spiro atoms. The largest absolute Gasteiger partial charge is 0.346 e. The van der Waals surface area contributed by atoms with E-state index in [2.05, 4.69) is 5.32 Å². The van der Waals surface area contributed by atoms with Gasteiger partial charge >= 0.3 is 0 Å². The first-order chi connectivity index (χ1) is 12.2. The van der Waals surface area contributed by atoms with Gasteiger partial charge in [-0.1, -0.05) is 44.2 Å². The Hall–Kier alpha value is -2.56. The van der Waals surface area contributed by atoms with Gasteiger partial charge in [-0.15, -0.1) is 0 Å². The average molecular weight is 359 g/mol. The fraction of sp³-hybridized carbons (Fsp3) is 0.333. The van der Waals surface area contributed by atoms with Crippen molar-refractivity contribution in [1.29, 1.82) is 0 Å². The number of amides is 1. The van der Waals surface area contributed by atoms with Gasteiger partial charge in [-0.25, -0.2) is 8.78 Å². The van der Waals surface area contributed by atoms with Crippen LogP contribution in [0.4, 0.5) is 8.78 Å². The number of hydrogen-bond acceptors (Lipinski definition) is 2. The molecule has 3 nitrogen and oxygen atoms in total. The maximum absolute atomic E-state index is 13.2. The number of hydrogen-bond donors (Lipinski definition) is 1. The van der Waals surface area contributed by atoms with Gasteiger partial charge in [0.2, 0.25) is 5.91 Å². The summed E-state index contributed by atoms with van der Waals surface area (Å²) in [5.74, 6) is -2.02. The van der Waals surface area contributed by atoms with E-state index in [1.807, 2.05) is 44.2 Å². The van der Waals surface area contributed by atoms with Crippen LogP contribution in [0.2, 0.25) is 0 Å². The van der Waals surface area contributed by atoms with E-state index in [9.17, 15) is 18.4 Å². The van der Waals surface area contributed by atoms with Crippen molar-refractivity contribution in [3.05, 3.63) is 71.3 Å². The minimum atomic E-state index is -0.735. The zero-order chi connectivity index (χ0) is 19.3. The first-order valence-electron chi connectivity index (χ1n) is 8.50. The van der Waals surface area contributed by atoms with Gasteiger partial charge in [0.15, 0.2) is 5.78 Å². The predicted octanol–water partition coefficient (Wildman–Crippen LogP) is 3.85. The maximum Gasteiger partial charge on any atom is 0.224 e. The van der Waals surface area contributed by atoms with E-state index >= 15 is 0 Å². The molecule has 0 saturated heterocycles. The van der Waals surface area contributed by atoms with Crippen LogP contribution in [-0.4, -0.2) is 17.7 Å². The van der Waals surface area contributed by atoms with Crippen LogP contribution in [-0.2, 0) is 22.4 Å². The van der Waals surface area contributed by atoms with Crippen molar-refractivity contribution in [2.24, 2.45) is 5.41 Å². The van der Waals surface area contributed by atoms with Crippen molar-refractivity contribution < 1.29 is 18.4 Å². The van der Waals surface area contributed by atoms with Gasteiger partial charge in [0.25, 0.3) is 0 Å². The summed E-state index contributed by atoms with van der Waals surface area (Å²) in [4.78, 5) is 24.9. The van der Waals surface area contributed by atoms with Crippen molar-refractivity contribution in [1.82, 2.24) is 5.32 Å². The molecular weight excluding hydrogens is 336 g/mol. The molecule has 0 aliphatic rings. The van der Waals surface area contributed by atoms with E-state index in [0.717, 1.165) is 23.8 Å². The van der Waals surface area contributed by atoms with Crippen LogP contribution in [0.15, 0.2) is 48.5 Å². The Kier molecular flexibility index (Phi) is 6.24. The molecule has 2 rings (SSSR count). The third-order valence-electron chi connectivity index (χ3n) is 4.21. The lowest BCUT2D eigenvalue weighted by atomic mass is 9.79. The Balaban J connectivity index is 1.97. The second-order valence-corrected chi connectivity index (χ2v) is 7.15. The molecule has 0 unspecified atom stereocenters. The number of carbonyl (C=O) groups is 2. The maximum atomic E-state index is 13.2. The lowest BCUT2D eigenvalue weighted by molar-refractivity contribution is -0.132. The predicted molar refractivity (Wildman–Crippen MR) is 96.6 cm³/mol. The fourth-order valence-electron chi connectivity index (χ4n) is 3.04. The molecule has 5 heteroatoms. The SMILES string of the molecule is C[C@H](NC(=O)Cc1cc(F)cc(F)c1)C(=O)C(C)(C)Cc1ccccc1. The second-order valence-electron chi connectivity index (χ2n) is 7.15. The molecule has 0 aliphatic carbocycles. The van der Waals surface area contributed by atoms with Crippen molar-refractivity contribution in [3.8, 4) is 0 Å². The van der Waals surface area contributed by atoms with Crippen LogP contribution >= 0.6 is 0 Å². The van der Waals surface area contributed by atoms with Gasteiger partial charge in [0.1, 0.15) is 11.6 Å². The smallest absolute Gasteiger partial charge is 0.224 e. The molecule has 0 saturated carbocycles. The van der Waals surface area contributed by atoms with Crippen LogP contribution < -0.4 is 5.32 Å². The molecule has 0 aromatic heterocycles. The highest BCUT2D eigenvalue weighted by molar-refractivity contribution is 5.92. The molecule has 1 amide bonds. The van der Waals surface area contributed by atoms with Gasteiger partial charge < -0.3 is 5.32 Å². The van der Waals surface area contributed by atoms with Crippen molar-refractivity contribution >= 4 is 11.7 Å². The Bertz CT molecular complexity index is 768. The lowest BCUT2D eigenvalue weighted by Gasteiger charge is -2.27. The Labute approximate surface area is 152 Å².